The van der Waals surface area contributed by atoms with Gasteiger partial charge >= 0.3 is 11.6 Å². The van der Waals surface area contributed by atoms with Gasteiger partial charge in [0, 0.05) is 23.1 Å². The lowest BCUT2D eigenvalue weighted by Crippen LogP contribution is -2.38. The molecule has 1 heterocycles. The molecule has 0 saturated heterocycles. The molecule has 1 N–H and O–H groups in total. The molecule has 0 aliphatic heterocycles. The van der Waals surface area contributed by atoms with Gasteiger partial charge in [-0.05, 0) is 48.7 Å². The molecule has 2 aromatic carbocycles. The average molecular weight is 435 g/mol. The molecule has 0 saturated carbocycles. The predicted molar refractivity (Wildman–Crippen MR) is 121 cm³/mol. The van der Waals surface area contributed by atoms with Crippen molar-refractivity contribution in [1.29, 1.82) is 0 Å². The first-order valence-corrected chi connectivity index (χ1v) is 10.2. The van der Waals surface area contributed by atoms with Crippen molar-refractivity contribution >= 4 is 28.9 Å². The van der Waals surface area contributed by atoms with E-state index >= 15 is 0 Å². The number of hydrogen-bond acceptors (Lipinski definition) is 6. The average Bonchev–Trinajstić information content (AvgIpc) is 2.80. The molecular formula is C25H25NO6. The number of nitrogens with one attached hydrogen (secondary N) is 1. The monoisotopic (exact) mass is 435 g/mol. The number of esters is 1. The molecule has 3 aromatic rings. The molecule has 1 amide bonds. The second kappa shape index (κ2) is 10.4. The molecule has 1 aromatic heterocycles. The fourth-order valence-electron chi connectivity index (χ4n) is 3.09. The van der Waals surface area contributed by atoms with Gasteiger partial charge in [-0.15, -0.1) is 0 Å². The van der Waals surface area contributed by atoms with E-state index < -0.39 is 23.5 Å². The minimum absolute atomic E-state index is 0.103. The van der Waals surface area contributed by atoms with Gasteiger partial charge in [0.2, 0.25) is 5.91 Å². The van der Waals surface area contributed by atoms with Crippen molar-refractivity contribution in [3.63, 3.8) is 0 Å². The summed E-state index contributed by atoms with van der Waals surface area (Å²) in [6.45, 7) is 3.44. The molecule has 0 radical (unpaired) electrons. The van der Waals surface area contributed by atoms with Crippen LogP contribution in [0.1, 0.15) is 30.5 Å². The third kappa shape index (κ3) is 5.85. The Kier molecular flexibility index (Phi) is 7.44. The lowest BCUT2D eigenvalue weighted by atomic mass is 10.1. The van der Waals surface area contributed by atoms with E-state index in [-0.39, 0.29) is 6.61 Å². The number of rotatable bonds is 8. The first-order chi connectivity index (χ1) is 15.4. The largest absolute Gasteiger partial charge is 0.497 e. The van der Waals surface area contributed by atoms with E-state index in [9.17, 15) is 14.4 Å². The van der Waals surface area contributed by atoms with Gasteiger partial charge in [-0.25, -0.2) is 9.59 Å². The van der Waals surface area contributed by atoms with E-state index in [1.165, 1.54) is 19.1 Å². The standard InChI is InChI=1S/C25H25NO6/c1-4-17-7-11-21-19(14-24(28)32-22(21)13-17)15-31-25(29)16(2)26-23(27)12-8-18-5-9-20(30-3)10-6-18/h5-14,16H,4,15H2,1-3H3,(H,26,27). The first kappa shape index (κ1) is 22.8. The zero-order valence-corrected chi connectivity index (χ0v) is 18.2. The molecule has 1 unspecified atom stereocenters. The Labute approximate surface area is 185 Å². The molecule has 32 heavy (non-hydrogen) atoms. The summed E-state index contributed by atoms with van der Waals surface area (Å²) < 4.78 is 15.7. The summed E-state index contributed by atoms with van der Waals surface area (Å²) >= 11 is 0. The molecule has 0 bridgehead atoms. The number of carbonyl (C=O) groups excluding carboxylic acids is 2. The highest BCUT2D eigenvalue weighted by Crippen LogP contribution is 2.20. The Balaban J connectivity index is 1.59. The summed E-state index contributed by atoms with van der Waals surface area (Å²) in [4.78, 5) is 36.3. The van der Waals surface area contributed by atoms with Crippen LogP contribution in [0.25, 0.3) is 17.0 Å². The normalized spacial score (nSPS) is 12.0. The Morgan fingerprint density at radius 1 is 1.12 bits per heavy atom. The summed E-state index contributed by atoms with van der Waals surface area (Å²) in [5, 5.41) is 3.27. The van der Waals surface area contributed by atoms with E-state index in [1.807, 2.05) is 31.2 Å². The fourth-order valence-corrected chi connectivity index (χ4v) is 3.09. The summed E-state index contributed by atoms with van der Waals surface area (Å²) in [5.41, 5.74) is 2.34. The van der Waals surface area contributed by atoms with Crippen LogP contribution in [0.15, 0.2) is 63.8 Å². The Morgan fingerprint density at radius 2 is 1.88 bits per heavy atom. The van der Waals surface area contributed by atoms with Gasteiger partial charge in [0.05, 0.1) is 7.11 Å². The van der Waals surface area contributed by atoms with Crippen LogP contribution in [0.2, 0.25) is 0 Å². The third-order valence-electron chi connectivity index (χ3n) is 4.93. The number of hydrogen-bond donors (Lipinski definition) is 1. The summed E-state index contributed by atoms with van der Waals surface area (Å²) in [6, 6.07) is 13.2. The maximum atomic E-state index is 12.3. The van der Waals surface area contributed by atoms with Crippen LogP contribution in [-0.4, -0.2) is 25.0 Å². The van der Waals surface area contributed by atoms with E-state index in [0.29, 0.717) is 16.5 Å². The van der Waals surface area contributed by atoms with Crippen LogP contribution in [-0.2, 0) is 27.4 Å². The predicted octanol–water partition coefficient (Wildman–Crippen LogP) is 3.63. The van der Waals surface area contributed by atoms with Crippen LogP contribution in [0, 0.1) is 0 Å². The minimum Gasteiger partial charge on any atom is -0.497 e. The van der Waals surface area contributed by atoms with Crippen LogP contribution < -0.4 is 15.7 Å². The number of amides is 1. The van der Waals surface area contributed by atoms with Crippen molar-refractivity contribution in [2.45, 2.75) is 32.9 Å². The van der Waals surface area contributed by atoms with E-state index in [0.717, 1.165) is 23.3 Å². The van der Waals surface area contributed by atoms with Gasteiger partial charge in [0.25, 0.3) is 0 Å². The fraction of sp³-hybridized carbons (Fsp3) is 0.240. The Hall–Kier alpha value is -3.87. The maximum absolute atomic E-state index is 12.3. The quantitative estimate of drug-likeness (QED) is 0.330. The molecule has 0 spiro atoms. The van der Waals surface area contributed by atoms with Crippen molar-refractivity contribution in [1.82, 2.24) is 5.32 Å². The molecule has 0 fully saturated rings. The second-order valence-electron chi connectivity index (χ2n) is 7.22. The highest BCUT2D eigenvalue weighted by Gasteiger charge is 2.17. The van der Waals surface area contributed by atoms with Gasteiger partial charge in [-0.1, -0.05) is 31.2 Å². The molecule has 7 heteroatoms. The molecule has 1 atom stereocenters. The zero-order chi connectivity index (χ0) is 23.1. The van der Waals surface area contributed by atoms with E-state index in [4.69, 9.17) is 13.9 Å². The Morgan fingerprint density at radius 3 is 2.56 bits per heavy atom. The van der Waals surface area contributed by atoms with Crippen molar-refractivity contribution in [2.75, 3.05) is 7.11 Å². The van der Waals surface area contributed by atoms with Gasteiger partial charge in [-0.3, -0.25) is 4.79 Å². The number of methoxy groups -OCH3 is 1. The zero-order valence-electron chi connectivity index (χ0n) is 18.2. The molecule has 0 aliphatic carbocycles. The van der Waals surface area contributed by atoms with Crippen LogP contribution >= 0.6 is 0 Å². The van der Waals surface area contributed by atoms with Crippen LogP contribution in [0.3, 0.4) is 0 Å². The number of benzene rings is 2. The Bertz CT molecular complexity index is 1190. The summed E-state index contributed by atoms with van der Waals surface area (Å²) in [5.74, 6) is -0.316. The van der Waals surface area contributed by atoms with Crippen molar-refractivity contribution in [3.8, 4) is 5.75 Å². The van der Waals surface area contributed by atoms with Crippen molar-refractivity contribution in [3.05, 3.63) is 81.7 Å². The number of fused-ring (bicyclic) bond motifs is 1. The number of ether oxygens (including phenoxy) is 2. The van der Waals surface area contributed by atoms with Crippen molar-refractivity contribution < 1.29 is 23.5 Å². The summed E-state index contributed by atoms with van der Waals surface area (Å²) in [6.07, 6.45) is 3.78. The SMILES string of the molecule is CCc1ccc2c(COC(=O)C(C)NC(=O)C=Cc3ccc(OC)cc3)cc(=O)oc2c1. The second-order valence-corrected chi connectivity index (χ2v) is 7.22. The maximum Gasteiger partial charge on any atom is 0.336 e. The van der Waals surface area contributed by atoms with Gasteiger partial charge in [-0.2, -0.15) is 0 Å². The molecule has 3 rings (SSSR count). The number of aryl methyl sites for hydroxylation is 1. The summed E-state index contributed by atoms with van der Waals surface area (Å²) in [7, 11) is 1.58. The van der Waals surface area contributed by atoms with Gasteiger partial charge in [0.15, 0.2) is 0 Å². The van der Waals surface area contributed by atoms with Crippen LogP contribution in [0.5, 0.6) is 5.75 Å². The first-order valence-electron chi connectivity index (χ1n) is 10.2. The lowest BCUT2D eigenvalue weighted by molar-refractivity contribution is -0.148. The molecular weight excluding hydrogens is 410 g/mol. The van der Waals surface area contributed by atoms with Gasteiger partial charge < -0.3 is 19.2 Å². The van der Waals surface area contributed by atoms with E-state index in [1.54, 1.807) is 31.4 Å². The van der Waals surface area contributed by atoms with Gasteiger partial charge in [0.1, 0.15) is 24.0 Å². The lowest BCUT2D eigenvalue weighted by Gasteiger charge is -2.13. The molecule has 7 nitrogen and oxygen atoms in total. The highest BCUT2D eigenvalue weighted by atomic mass is 16.5. The topological polar surface area (TPSA) is 94.8 Å². The smallest absolute Gasteiger partial charge is 0.336 e. The molecule has 0 aliphatic rings. The third-order valence-corrected chi connectivity index (χ3v) is 4.93. The minimum atomic E-state index is -0.860. The van der Waals surface area contributed by atoms with Crippen molar-refractivity contribution in [2.24, 2.45) is 0 Å². The number of carbonyl (C=O) groups is 2. The van der Waals surface area contributed by atoms with E-state index in [2.05, 4.69) is 5.32 Å². The molecule has 166 valence electrons. The van der Waals surface area contributed by atoms with Crippen LogP contribution in [0.4, 0.5) is 0 Å². The highest BCUT2D eigenvalue weighted by molar-refractivity contribution is 5.94.